The molecule has 0 fully saturated rings. The van der Waals surface area contributed by atoms with Gasteiger partial charge in [0.2, 0.25) is 5.95 Å². The van der Waals surface area contributed by atoms with Crippen molar-refractivity contribution < 1.29 is 13.2 Å². The first kappa shape index (κ1) is 20.6. The largest absolute Gasteiger partial charge is 0.416 e. The molecule has 1 aromatic heterocycles. The summed E-state index contributed by atoms with van der Waals surface area (Å²) in [6.45, 7) is 9.43. The van der Waals surface area contributed by atoms with E-state index in [-0.39, 0.29) is 12.0 Å². The third kappa shape index (κ3) is 5.13. The molecule has 0 saturated carbocycles. The van der Waals surface area contributed by atoms with Gasteiger partial charge in [0.05, 0.1) is 22.2 Å². The Labute approximate surface area is 157 Å². The SMILES string of the molecule is Cc1nc(N)nc(NC(C)C)c1C#CC(C)(C)c1ccc(C(F)(F)F)cc1. The van der Waals surface area contributed by atoms with Crippen molar-refractivity contribution in [1.82, 2.24) is 9.97 Å². The Morgan fingerprint density at radius 3 is 2.11 bits per heavy atom. The van der Waals surface area contributed by atoms with E-state index in [9.17, 15) is 13.2 Å². The molecule has 0 spiro atoms. The van der Waals surface area contributed by atoms with Gasteiger partial charge in [-0.05, 0) is 52.3 Å². The predicted molar refractivity (Wildman–Crippen MR) is 101 cm³/mol. The van der Waals surface area contributed by atoms with Crippen LogP contribution in [0.2, 0.25) is 0 Å². The highest BCUT2D eigenvalue weighted by molar-refractivity contribution is 5.59. The van der Waals surface area contributed by atoms with Crippen molar-refractivity contribution in [1.29, 1.82) is 0 Å². The van der Waals surface area contributed by atoms with E-state index in [1.165, 1.54) is 12.1 Å². The van der Waals surface area contributed by atoms with Crippen LogP contribution in [0.25, 0.3) is 0 Å². The number of anilines is 2. The second-order valence-electron chi connectivity index (χ2n) is 7.14. The number of halogens is 3. The number of alkyl halides is 3. The van der Waals surface area contributed by atoms with E-state index < -0.39 is 17.2 Å². The first-order valence-corrected chi connectivity index (χ1v) is 8.51. The van der Waals surface area contributed by atoms with Crippen molar-refractivity contribution in [2.24, 2.45) is 0 Å². The van der Waals surface area contributed by atoms with Gasteiger partial charge in [-0.15, -0.1) is 0 Å². The average molecular weight is 376 g/mol. The zero-order chi connectivity index (χ0) is 20.4. The highest BCUT2D eigenvalue weighted by Crippen LogP contribution is 2.31. The number of hydrogen-bond donors (Lipinski definition) is 2. The molecule has 2 rings (SSSR count). The molecule has 0 aliphatic carbocycles. The van der Waals surface area contributed by atoms with Crippen molar-refractivity contribution in [3.8, 4) is 11.8 Å². The minimum absolute atomic E-state index is 0.127. The van der Waals surface area contributed by atoms with Crippen LogP contribution in [0.3, 0.4) is 0 Å². The van der Waals surface area contributed by atoms with Gasteiger partial charge in [-0.25, -0.2) is 4.98 Å². The maximum atomic E-state index is 12.8. The number of benzene rings is 1. The van der Waals surface area contributed by atoms with Gasteiger partial charge in [-0.3, -0.25) is 0 Å². The van der Waals surface area contributed by atoms with Crippen LogP contribution in [0.1, 0.15) is 50.1 Å². The van der Waals surface area contributed by atoms with Gasteiger partial charge in [0.1, 0.15) is 5.82 Å². The summed E-state index contributed by atoms with van der Waals surface area (Å²) >= 11 is 0. The summed E-state index contributed by atoms with van der Waals surface area (Å²) < 4.78 is 38.3. The van der Waals surface area contributed by atoms with Crippen LogP contribution in [-0.2, 0) is 11.6 Å². The van der Waals surface area contributed by atoms with Crippen LogP contribution in [0.15, 0.2) is 24.3 Å². The average Bonchev–Trinajstić information content (AvgIpc) is 2.52. The first-order valence-electron chi connectivity index (χ1n) is 8.51. The molecule has 0 aliphatic rings. The summed E-state index contributed by atoms with van der Waals surface area (Å²) in [6, 6.07) is 5.18. The zero-order valence-corrected chi connectivity index (χ0v) is 16.0. The minimum Gasteiger partial charge on any atom is -0.368 e. The Balaban J connectivity index is 2.41. The predicted octanol–water partition coefficient (Wildman–Crippen LogP) is 4.54. The van der Waals surface area contributed by atoms with E-state index >= 15 is 0 Å². The summed E-state index contributed by atoms with van der Waals surface area (Å²) in [4.78, 5) is 8.37. The molecule has 4 nitrogen and oxygen atoms in total. The van der Waals surface area contributed by atoms with Crippen molar-refractivity contribution in [2.45, 2.75) is 52.3 Å². The third-order valence-corrected chi connectivity index (χ3v) is 3.97. The van der Waals surface area contributed by atoms with Crippen molar-refractivity contribution in [3.05, 3.63) is 46.6 Å². The fourth-order valence-corrected chi connectivity index (χ4v) is 2.49. The molecule has 0 amide bonds. The summed E-state index contributed by atoms with van der Waals surface area (Å²) in [5.74, 6) is 6.92. The lowest BCUT2D eigenvalue weighted by Crippen LogP contribution is -2.16. The van der Waals surface area contributed by atoms with Gasteiger partial charge in [0.25, 0.3) is 0 Å². The molecule has 3 N–H and O–H groups in total. The molecule has 2 aromatic rings. The van der Waals surface area contributed by atoms with E-state index in [0.29, 0.717) is 22.6 Å². The lowest BCUT2D eigenvalue weighted by molar-refractivity contribution is -0.137. The summed E-state index contributed by atoms with van der Waals surface area (Å²) in [5.41, 5.74) is 6.34. The highest BCUT2D eigenvalue weighted by atomic mass is 19.4. The topological polar surface area (TPSA) is 63.8 Å². The molecule has 0 aliphatic heterocycles. The smallest absolute Gasteiger partial charge is 0.368 e. The summed E-state index contributed by atoms with van der Waals surface area (Å²) in [6.07, 6.45) is -4.36. The minimum atomic E-state index is -4.36. The van der Waals surface area contributed by atoms with Crippen LogP contribution in [-0.4, -0.2) is 16.0 Å². The molecular weight excluding hydrogens is 353 g/mol. The van der Waals surface area contributed by atoms with Crippen LogP contribution in [0.4, 0.5) is 24.9 Å². The van der Waals surface area contributed by atoms with Gasteiger partial charge in [-0.1, -0.05) is 24.0 Å². The lowest BCUT2D eigenvalue weighted by atomic mass is 9.84. The number of nitrogens with one attached hydrogen (secondary N) is 1. The summed E-state index contributed by atoms with van der Waals surface area (Å²) in [5, 5.41) is 3.20. The standard InChI is InChI=1S/C20H23F3N4/c1-12(2)25-17-16(13(3)26-18(24)27-17)10-11-19(4,5)14-6-8-15(9-7-14)20(21,22)23/h6-9,12H,1-5H3,(H3,24,25,26,27). The maximum absolute atomic E-state index is 12.8. The van der Waals surface area contributed by atoms with Gasteiger partial charge in [-0.2, -0.15) is 18.2 Å². The van der Waals surface area contributed by atoms with Gasteiger partial charge in [0, 0.05) is 6.04 Å². The number of rotatable bonds is 3. The second kappa shape index (κ2) is 7.47. The van der Waals surface area contributed by atoms with Crippen molar-refractivity contribution in [3.63, 3.8) is 0 Å². The van der Waals surface area contributed by atoms with E-state index in [1.54, 1.807) is 6.92 Å². The number of hydrogen-bond acceptors (Lipinski definition) is 4. The van der Waals surface area contributed by atoms with Crippen LogP contribution in [0, 0.1) is 18.8 Å². The number of nitrogens with zero attached hydrogens (tertiary/aromatic N) is 2. The Kier molecular flexibility index (Phi) is 5.69. The quantitative estimate of drug-likeness (QED) is 0.772. The maximum Gasteiger partial charge on any atom is 0.416 e. The molecule has 0 unspecified atom stereocenters. The molecule has 0 radical (unpaired) electrons. The van der Waals surface area contributed by atoms with E-state index in [2.05, 4.69) is 27.1 Å². The zero-order valence-electron chi connectivity index (χ0n) is 16.0. The van der Waals surface area contributed by atoms with Gasteiger partial charge < -0.3 is 11.1 Å². The molecule has 27 heavy (non-hydrogen) atoms. The van der Waals surface area contributed by atoms with Crippen LogP contribution >= 0.6 is 0 Å². The Morgan fingerprint density at radius 2 is 1.59 bits per heavy atom. The summed E-state index contributed by atoms with van der Waals surface area (Å²) in [7, 11) is 0. The van der Waals surface area contributed by atoms with Crippen molar-refractivity contribution in [2.75, 3.05) is 11.1 Å². The van der Waals surface area contributed by atoms with Crippen LogP contribution < -0.4 is 11.1 Å². The fourth-order valence-electron chi connectivity index (χ4n) is 2.49. The third-order valence-electron chi connectivity index (χ3n) is 3.97. The molecule has 7 heteroatoms. The van der Waals surface area contributed by atoms with E-state index in [4.69, 9.17) is 5.73 Å². The Bertz CT molecular complexity index is 873. The fraction of sp³-hybridized carbons (Fsp3) is 0.400. The lowest BCUT2D eigenvalue weighted by Gasteiger charge is -2.19. The molecule has 0 bridgehead atoms. The molecule has 144 valence electrons. The monoisotopic (exact) mass is 376 g/mol. The second-order valence-corrected chi connectivity index (χ2v) is 7.14. The molecule has 0 atom stereocenters. The van der Waals surface area contributed by atoms with Crippen molar-refractivity contribution >= 4 is 11.8 Å². The molecular formula is C20H23F3N4. The van der Waals surface area contributed by atoms with Crippen LogP contribution in [0.5, 0.6) is 0 Å². The normalized spacial score (nSPS) is 11.9. The number of nitrogen functional groups attached to an aromatic ring is 1. The Hall–Kier alpha value is -2.75. The Morgan fingerprint density at radius 1 is 1.04 bits per heavy atom. The number of nitrogens with two attached hydrogens (primary N) is 1. The molecule has 0 saturated heterocycles. The van der Waals surface area contributed by atoms with E-state index in [0.717, 1.165) is 12.1 Å². The molecule has 1 aromatic carbocycles. The number of aromatic nitrogens is 2. The molecule has 1 heterocycles. The number of aryl methyl sites for hydroxylation is 1. The highest BCUT2D eigenvalue weighted by Gasteiger charge is 2.30. The van der Waals surface area contributed by atoms with Gasteiger partial charge in [0.15, 0.2) is 0 Å². The van der Waals surface area contributed by atoms with E-state index in [1.807, 2.05) is 27.7 Å². The van der Waals surface area contributed by atoms with Gasteiger partial charge >= 0.3 is 6.18 Å². The first-order chi connectivity index (χ1) is 12.4.